The standard InChI is InChI=1S/C18H24N4O/c1-2-22-13-12-20-16(17(22)23)21-14-18(8-4-3-5-9-18)15-6-10-19-11-7-15/h6-7,10-13H,2-5,8-9,14H2,1H3,(H,20,21). The molecule has 2 aromatic heterocycles. The Bertz CT molecular complexity index is 690. The maximum atomic E-state index is 12.3. The van der Waals surface area contributed by atoms with Gasteiger partial charge in [-0.3, -0.25) is 9.78 Å². The molecule has 0 radical (unpaired) electrons. The van der Waals surface area contributed by atoms with E-state index in [4.69, 9.17) is 0 Å². The van der Waals surface area contributed by atoms with Crippen molar-refractivity contribution in [2.45, 2.75) is 51.0 Å². The second kappa shape index (κ2) is 6.94. The van der Waals surface area contributed by atoms with E-state index < -0.39 is 0 Å². The molecule has 2 heterocycles. The maximum absolute atomic E-state index is 12.3. The zero-order valence-corrected chi connectivity index (χ0v) is 13.7. The van der Waals surface area contributed by atoms with Crippen LogP contribution in [0.2, 0.25) is 0 Å². The smallest absolute Gasteiger partial charge is 0.293 e. The summed E-state index contributed by atoms with van der Waals surface area (Å²) in [5.41, 5.74) is 1.34. The Morgan fingerprint density at radius 1 is 1.17 bits per heavy atom. The van der Waals surface area contributed by atoms with Crippen molar-refractivity contribution < 1.29 is 0 Å². The van der Waals surface area contributed by atoms with Gasteiger partial charge >= 0.3 is 0 Å². The first-order chi connectivity index (χ1) is 11.2. The van der Waals surface area contributed by atoms with Crippen molar-refractivity contribution in [3.8, 4) is 0 Å². The van der Waals surface area contributed by atoms with Gasteiger partial charge in [0.1, 0.15) is 0 Å². The third-order valence-corrected chi connectivity index (χ3v) is 4.95. The Hall–Kier alpha value is -2.17. The predicted octanol–water partition coefficient (Wildman–Crippen LogP) is 2.97. The molecule has 0 spiro atoms. The van der Waals surface area contributed by atoms with Crippen LogP contribution in [0.5, 0.6) is 0 Å². The quantitative estimate of drug-likeness (QED) is 0.922. The van der Waals surface area contributed by atoms with E-state index >= 15 is 0 Å². The lowest BCUT2D eigenvalue weighted by molar-refractivity contribution is 0.307. The fourth-order valence-corrected chi connectivity index (χ4v) is 3.57. The summed E-state index contributed by atoms with van der Waals surface area (Å²) in [4.78, 5) is 20.7. The summed E-state index contributed by atoms with van der Waals surface area (Å²) in [5.74, 6) is 0.452. The Morgan fingerprint density at radius 2 is 1.91 bits per heavy atom. The van der Waals surface area contributed by atoms with Crippen LogP contribution in [0.4, 0.5) is 5.82 Å². The van der Waals surface area contributed by atoms with E-state index in [9.17, 15) is 4.79 Å². The largest absolute Gasteiger partial charge is 0.365 e. The molecule has 1 N–H and O–H groups in total. The van der Waals surface area contributed by atoms with Crippen molar-refractivity contribution in [2.24, 2.45) is 0 Å². The summed E-state index contributed by atoms with van der Waals surface area (Å²) in [5, 5.41) is 3.33. The summed E-state index contributed by atoms with van der Waals surface area (Å²) in [6, 6.07) is 4.21. The van der Waals surface area contributed by atoms with Crippen LogP contribution < -0.4 is 10.9 Å². The number of aromatic nitrogens is 3. The monoisotopic (exact) mass is 312 g/mol. The van der Waals surface area contributed by atoms with Gasteiger partial charge in [-0.15, -0.1) is 0 Å². The molecule has 0 saturated heterocycles. The Labute approximate surface area is 136 Å². The molecule has 5 nitrogen and oxygen atoms in total. The van der Waals surface area contributed by atoms with E-state index in [1.165, 1.54) is 24.8 Å². The molecule has 5 heteroatoms. The molecule has 0 aromatic carbocycles. The Balaban J connectivity index is 1.84. The van der Waals surface area contributed by atoms with Crippen LogP contribution in [0.25, 0.3) is 0 Å². The third-order valence-electron chi connectivity index (χ3n) is 4.95. The highest BCUT2D eigenvalue weighted by Gasteiger charge is 2.34. The van der Waals surface area contributed by atoms with Crippen LogP contribution in [0.1, 0.15) is 44.6 Å². The molecular weight excluding hydrogens is 288 g/mol. The molecule has 0 unspecified atom stereocenters. The minimum absolute atomic E-state index is 0.0457. The van der Waals surface area contributed by atoms with Gasteiger partial charge in [-0.1, -0.05) is 19.3 Å². The summed E-state index contributed by atoms with van der Waals surface area (Å²) >= 11 is 0. The van der Waals surface area contributed by atoms with Gasteiger partial charge in [0.2, 0.25) is 0 Å². The van der Waals surface area contributed by atoms with Crippen molar-refractivity contribution in [1.82, 2.24) is 14.5 Å². The van der Waals surface area contributed by atoms with Gasteiger partial charge in [0.15, 0.2) is 5.82 Å². The van der Waals surface area contributed by atoms with Crippen LogP contribution >= 0.6 is 0 Å². The lowest BCUT2D eigenvalue weighted by Gasteiger charge is -2.38. The van der Waals surface area contributed by atoms with E-state index in [1.807, 2.05) is 19.3 Å². The molecule has 122 valence electrons. The maximum Gasteiger partial charge on any atom is 0.293 e. The van der Waals surface area contributed by atoms with Gasteiger partial charge in [0, 0.05) is 43.3 Å². The van der Waals surface area contributed by atoms with E-state index in [1.54, 1.807) is 17.0 Å². The summed E-state index contributed by atoms with van der Waals surface area (Å²) in [6.07, 6.45) is 13.2. The van der Waals surface area contributed by atoms with Gasteiger partial charge in [-0.25, -0.2) is 4.98 Å². The van der Waals surface area contributed by atoms with Gasteiger partial charge in [-0.2, -0.15) is 0 Å². The van der Waals surface area contributed by atoms with E-state index in [-0.39, 0.29) is 11.0 Å². The number of pyridine rings is 1. The van der Waals surface area contributed by atoms with Crippen LogP contribution in [-0.2, 0) is 12.0 Å². The third kappa shape index (κ3) is 3.28. The summed E-state index contributed by atoms with van der Waals surface area (Å²) < 4.78 is 1.68. The molecule has 1 fully saturated rings. The zero-order chi connectivity index (χ0) is 16.1. The number of nitrogens with one attached hydrogen (secondary N) is 1. The molecule has 1 aliphatic carbocycles. The molecule has 0 atom stereocenters. The first kappa shape index (κ1) is 15.7. The number of hydrogen-bond acceptors (Lipinski definition) is 4. The predicted molar refractivity (Wildman–Crippen MR) is 91.7 cm³/mol. The minimum atomic E-state index is -0.0457. The topological polar surface area (TPSA) is 59.8 Å². The molecule has 0 aliphatic heterocycles. The van der Waals surface area contributed by atoms with Crippen molar-refractivity contribution in [1.29, 1.82) is 0 Å². The molecule has 23 heavy (non-hydrogen) atoms. The van der Waals surface area contributed by atoms with Crippen LogP contribution in [0, 0.1) is 0 Å². The van der Waals surface area contributed by atoms with E-state index in [0.717, 1.165) is 19.4 Å². The molecule has 3 rings (SSSR count). The lowest BCUT2D eigenvalue weighted by atomic mass is 9.69. The van der Waals surface area contributed by atoms with Crippen LogP contribution in [0.3, 0.4) is 0 Å². The normalized spacial score (nSPS) is 16.9. The Kier molecular flexibility index (Phi) is 4.74. The van der Waals surface area contributed by atoms with Crippen molar-refractivity contribution in [2.75, 3.05) is 11.9 Å². The van der Waals surface area contributed by atoms with Crippen LogP contribution in [0.15, 0.2) is 41.7 Å². The molecule has 0 bridgehead atoms. The van der Waals surface area contributed by atoms with Crippen molar-refractivity contribution in [3.63, 3.8) is 0 Å². The van der Waals surface area contributed by atoms with Crippen LogP contribution in [-0.4, -0.2) is 21.1 Å². The van der Waals surface area contributed by atoms with E-state index in [0.29, 0.717) is 12.4 Å². The summed E-state index contributed by atoms with van der Waals surface area (Å²) in [7, 11) is 0. The minimum Gasteiger partial charge on any atom is -0.365 e. The number of hydrogen-bond donors (Lipinski definition) is 1. The highest BCUT2D eigenvalue weighted by molar-refractivity contribution is 5.35. The Morgan fingerprint density at radius 3 is 2.61 bits per heavy atom. The highest BCUT2D eigenvalue weighted by Crippen LogP contribution is 2.39. The number of anilines is 1. The number of rotatable bonds is 5. The first-order valence-electron chi connectivity index (χ1n) is 8.45. The molecular formula is C18H24N4O. The van der Waals surface area contributed by atoms with Gasteiger partial charge < -0.3 is 9.88 Å². The summed E-state index contributed by atoms with van der Waals surface area (Å²) in [6.45, 7) is 3.36. The number of aryl methyl sites for hydroxylation is 1. The first-order valence-corrected chi connectivity index (χ1v) is 8.45. The lowest BCUT2D eigenvalue weighted by Crippen LogP contribution is -2.38. The second-order valence-corrected chi connectivity index (χ2v) is 6.30. The zero-order valence-electron chi connectivity index (χ0n) is 13.7. The fraction of sp³-hybridized carbons (Fsp3) is 0.500. The molecule has 1 saturated carbocycles. The molecule has 1 aliphatic rings. The average molecular weight is 312 g/mol. The van der Waals surface area contributed by atoms with Crippen molar-refractivity contribution >= 4 is 5.82 Å². The van der Waals surface area contributed by atoms with Gasteiger partial charge in [0.05, 0.1) is 0 Å². The highest BCUT2D eigenvalue weighted by atomic mass is 16.1. The molecule has 2 aromatic rings. The second-order valence-electron chi connectivity index (χ2n) is 6.30. The van der Waals surface area contributed by atoms with Crippen molar-refractivity contribution in [3.05, 3.63) is 52.8 Å². The average Bonchev–Trinajstić information content (AvgIpc) is 2.62. The van der Waals surface area contributed by atoms with Gasteiger partial charge in [0.25, 0.3) is 5.56 Å². The fourth-order valence-electron chi connectivity index (χ4n) is 3.57. The molecule has 0 amide bonds. The number of nitrogens with zero attached hydrogens (tertiary/aromatic N) is 3. The SMILES string of the molecule is CCn1ccnc(NCC2(c3ccncc3)CCCCC2)c1=O. The van der Waals surface area contributed by atoms with E-state index in [2.05, 4.69) is 27.4 Å². The van der Waals surface area contributed by atoms with Gasteiger partial charge in [-0.05, 0) is 37.5 Å².